The summed E-state index contributed by atoms with van der Waals surface area (Å²) in [6, 6.07) is 0. The van der Waals surface area contributed by atoms with E-state index in [1.54, 1.807) is 0 Å². The molecule has 0 heterocycles. The second kappa shape index (κ2) is 14.9. The molecule has 0 aromatic carbocycles. The number of hydrogen-bond donors (Lipinski definition) is 3. The fraction of sp³-hybridized carbons (Fsp3) is 0.818. The fourth-order valence-corrected chi connectivity index (χ4v) is 1.96. The lowest BCUT2D eigenvalue weighted by atomic mass is 10.5. The van der Waals surface area contributed by atoms with Gasteiger partial charge in [-0.1, -0.05) is 9.24 Å². The Morgan fingerprint density at radius 2 is 1.61 bits per heavy atom. The molecule has 1 atom stereocenters. The molecular weight excluding hydrogens is 271 g/mol. The number of ether oxygens (including phenoxy) is 1. The van der Waals surface area contributed by atoms with E-state index in [9.17, 15) is 0 Å². The average molecular weight is 296 g/mol. The van der Waals surface area contributed by atoms with Crippen molar-refractivity contribution in [3.05, 3.63) is 0 Å². The van der Waals surface area contributed by atoms with E-state index in [0.717, 1.165) is 0 Å². The van der Waals surface area contributed by atoms with Crippen molar-refractivity contribution in [2.75, 3.05) is 32.7 Å². The summed E-state index contributed by atoms with van der Waals surface area (Å²) < 4.78 is 10.7. The lowest BCUT2D eigenvalue weighted by Gasteiger charge is -2.18. The molecule has 18 heavy (non-hydrogen) atoms. The van der Waals surface area contributed by atoms with E-state index in [0.29, 0.717) is 25.7 Å². The van der Waals surface area contributed by atoms with Gasteiger partial charge in [0.05, 0.1) is 12.3 Å². The van der Waals surface area contributed by atoms with Crippen LogP contribution in [-0.4, -0.2) is 56.3 Å². The van der Waals surface area contributed by atoms with Gasteiger partial charge in [0.1, 0.15) is 0 Å². The molecule has 0 rings (SSSR count). The minimum absolute atomic E-state index is 0.0938. The van der Waals surface area contributed by atoms with Crippen molar-refractivity contribution in [3.8, 4) is 11.8 Å². The normalized spacial score (nSPS) is 9.89. The highest BCUT2D eigenvalue weighted by molar-refractivity contribution is 7.23. The van der Waals surface area contributed by atoms with Gasteiger partial charge in [-0.15, -0.1) is 0 Å². The Balaban J connectivity index is 0. The maximum absolute atomic E-state index is 8.51. The molecule has 3 N–H and O–H groups in total. The van der Waals surface area contributed by atoms with Crippen LogP contribution in [0.15, 0.2) is 0 Å². The summed E-state index contributed by atoms with van der Waals surface area (Å²) in [6.45, 7) is 5.04. The Morgan fingerprint density at radius 3 is 2.00 bits per heavy atom. The molecule has 0 radical (unpaired) electrons. The van der Waals surface area contributed by atoms with Crippen molar-refractivity contribution in [1.82, 2.24) is 0 Å². The molecule has 0 saturated carbocycles. The molecule has 1 unspecified atom stereocenters. The predicted molar refractivity (Wildman–Crippen MR) is 77.4 cm³/mol. The van der Waals surface area contributed by atoms with Gasteiger partial charge in [-0.3, -0.25) is 0 Å². The molecule has 7 heteroatoms. The molecule has 0 amide bonds. The van der Waals surface area contributed by atoms with Gasteiger partial charge in [-0.25, -0.2) is 0 Å². The number of aliphatic hydroxyl groups excluding tert-OH is 3. The zero-order chi connectivity index (χ0) is 14.3. The van der Waals surface area contributed by atoms with E-state index < -0.39 is 8.32 Å². The van der Waals surface area contributed by atoms with Crippen LogP contribution in [0.4, 0.5) is 0 Å². The maximum atomic E-state index is 8.51. The fourth-order valence-electron chi connectivity index (χ4n) is 0.752. The second-order valence-electron chi connectivity index (χ2n) is 4.04. The first-order valence-electron chi connectivity index (χ1n) is 5.83. The van der Waals surface area contributed by atoms with Gasteiger partial charge in [-0.2, -0.15) is 0 Å². The van der Waals surface area contributed by atoms with Crippen molar-refractivity contribution >= 4 is 17.6 Å². The van der Waals surface area contributed by atoms with E-state index in [1.807, 2.05) is 13.1 Å². The van der Waals surface area contributed by atoms with E-state index in [1.165, 1.54) is 0 Å². The van der Waals surface area contributed by atoms with Crippen molar-refractivity contribution in [1.29, 1.82) is 0 Å². The largest absolute Gasteiger partial charge is 0.498 e. The summed E-state index contributed by atoms with van der Waals surface area (Å²) in [5.74, 6) is 0. The smallest absolute Gasteiger partial charge is 0.284 e. The Kier molecular flexibility index (Phi) is 16.7. The molecule has 0 aromatic rings. The lowest BCUT2D eigenvalue weighted by Crippen LogP contribution is -2.35. The molecular formula is C11H25O5PSi. The second-order valence-corrected chi connectivity index (χ2v) is 8.34. The topological polar surface area (TPSA) is 79.2 Å². The van der Waals surface area contributed by atoms with Gasteiger partial charge in [0.2, 0.25) is 0 Å². The van der Waals surface area contributed by atoms with Crippen LogP contribution in [0.25, 0.3) is 0 Å². The summed E-state index contributed by atoms with van der Waals surface area (Å²) in [5, 5.41) is 24.3. The average Bonchev–Trinajstić information content (AvgIpc) is 2.34. The molecule has 108 valence electrons. The summed E-state index contributed by atoms with van der Waals surface area (Å²) in [7, 11) is 0.520. The minimum atomic E-state index is -1.77. The quantitative estimate of drug-likeness (QED) is 0.260. The standard InChI is InChI=1S/C8H17O3PSi.C3H8O2/c1-13(2,11-6-7-12)8-10-5-3-4-9;4-2-1-3-5/h9H,3-5,8,12H2,1-2H3;4-5H,1-3H2. The monoisotopic (exact) mass is 296 g/mol. The van der Waals surface area contributed by atoms with Gasteiger partial charge >= 0.3 is 0 Å². The first-order valence-corrected chi connectivity index (χ1v) is 9.52. The molecule has 0 aliphatic heterocycles. The van der Waals surface area contributed by atoms with Crippen LogP contribution in [-0.2, 0) is 9.16 Å². The van der Waals surface area contributed by atoms with Crippen LogP contribution < -0.4 is 0 Å². The Morgan fingerprint density at radius 1 is 1.06 bits per heavy atom. The van der Waals surface area contributed by atoms with Gasteiger partial charge in [0.15, 0.2) is 0 Å². The SMILES string of the molecule is C[Si](C)(COCCCO)OC#CP.OCCCO. The summed E-state index contributed by atoms with van der Waals surface area (Å²) >= 11 is 0. The van der Waals surface area contributed by atoms with E-state index in [2.05, 4.69) is 21.0 Å². The van der Waals surface area contributed by atoms with Gasteiger partial charge in [0, 0.05) is 26.4 Å². The molecule has 0 fully saturated rings. The van der Waals surface area contributed by atoms with Crippen LogP contribution in [0.5, 0.6) is 0 Å². The van der Waals surface area contributed by atoms with Gasteiger partial charge in [-0.05, 0) is 31.6 Å². The molecule has 0 aliphatic carbocycles. The summed E-state index contributed by atoms with van der Waals surface area (Å²) in [4.78, 5) is 0. The van der Waals surface area contributed by atoms with Crippen molar-refractivity contribution in [3.63, 3.8) is 0 Å². The number of hydrogen-bond acceptors (Lipinski definition) is 5. The van der Waals surface area contributed by atoms with Crippen molar-refractivity contribution in [2.45, 2.75) is 25.9 Å². The Labute approximate surface area is 113 Å². The molecule has 0 saturated heterocycles. The van der Waals surface area contributed by atoms with E-state index >= 15 is 0 Å². The van der Waals surface area contributed by atoms with Gasteiger partial charge in [0.25, 0.3) is 8.32 Å². The molecule has 0 aliphatic rings. The third kappa shape index (κ3) is 18.2. The zero-order valence-corrected chi connectivity index (χ0v) is 13.3. The van der Waals surface area contributed by atoms with Crippen LogP contribution in [0, 0.1) is 11.8 Å². The van der Waals surface area contributed by atoms with Crippen LogP contribution in [0.2, 0.25) is 13.1 Å². The van der Waals surface area contributed by atoms with Crippen LogP contribution >= 0.6 is 9.24 Å². The number of aliphatic hydroxyl groups is 3. The predicted octanol–water partition coefficient (Wildman–Crippen LogP) is 0.301. The molecule has 0 aromatic heterocycles. The third-order valence-corrected chi connectivity index (χ3v) is 3.27. The minimum Gasteiger partial charge on any atom is -0.498 e. The first-order chi connectivity index (χ1) is 8.54. The van der Waals surface area contributed by atoms with Crippen molar-refractivity contribution < 1.29 is 24.5 Å². The summed E-state index contributed by atoms with van der Waals surface area (Å²) in [6.07, 6.45) is 4.37. The summed E-state index contributed by atoms with van der Waals surface area (Å²) in [5.41, 5.74) is 2.61. The highest BCUT2D eigenvalue weighted by atomic mass is 31.0. The Bertz CT molecular complexity index is 225. The van der Waals surface area contributed by atoms with Crippen LogP contribution in [0.3, 0.4) is 0 Å². The highest BCUT2D eigenvalue weighted by Gasteiger charge is 2.23. The van der Waals surface area contributed by atoms with Crippen molar-refractivity contribution in [2.24, 2.45) is 0 Å². The zero-order valence-electron chi connectivity index (χ0n) is 11.2. The van der Waals surface area contributed by atoms with E-state index in [4.69, 9.17) is 24.5 Å². The number of rotatable bonds is 8. The van der Waals surface area contributed by atoms with Gasteiger partial charge < -0.3 is 24.5 Å². The highest BCUT2D eigenvalue weighted by Crippen LogP contribution is 2.04. The lowest BCUT2D eigenvalue weighted by molar-refractivity contribution is 0.140. The Hall–Kier alpha value is -0.153. The van der Waals surface area contributed by atoms with E-state index in [-0.39, 0.29) is 19.8 Å². The molecule has 5 nitrogen and oxygen atoms in total. The van der Waals surface area contributed by atoms with Crippen LogP contribution in [0.1, 0.15) is 12.8 Å². The third-order valence-electron chi connectivity index (χ3n) is 1.60. The first kappa shape index (κ1) is 20.2. The maximum Gasteiger partial charge on any atom is 0.284 e. The molecule has 0 spiro atoms. The molecule has 0 bridgehead atoms.